The van der Waals surface area contributed by atoms with Crippen molar-refractivity contribution in [1.82, 2.24) is 9.78 Å². The van der Waals surface area contributed by atoms with E-state index >= 15 is 0 Å². The summed E-state index contributed by atoms with van der Waals surface area (Å²) in [5, 5.41) is 4.41. The number of benzene rings is 1. The Bertz CT molecular complexity index is 482. The van der Waals surface area contributed by atoms with Gasteiger partial charge in [-0.1, -0.05) is 0 Å². The molecule has 76 valence electrons. The number of aryl methyl sites for hydroxylation is 1. The summed E-state index contributed by atoms with van der Waals surface area (Å²) in [6.45, 7) is 0. The summed E-state index contributed by atoms with van der Waals surface area (Å²) < 4.78 is 2.03. The Hall–Kier alpha value is -1.77. The monoisotopic (exact) mass is 199 g/mol. The van der Waals surface area contributed by atoms with Crippen molar-refractivity contribution in [2.24, 2.45) is 0 Å². The lowest BCUT2D eigenvalue weighted by Crippen LogP contribution is -2.00. The summed E-state index contributed by atoms with van der Waals surface area (Å²) in [5.74, 6) is 0. The van der Waals surface area contributed by atoms with Crippen LogP contribution in [-0.2, 0) is 12.8 Å². The first-order chi connectivity index (χ1) is 7.34. The largest absolute Gasteiger partial charge is 0.399 e. The van der Waals surface area contributed by atoms with Gasteiger partial charge in [0.05, 0.1) is 11.9 Å². The zero-order chi connectivity index (χ0) is 10.3. The van der Waals surface area contributed by atoms with E-state index in [4.69, 9.17) is 5.73 Å². The van der Waals surface area contributed by atoms with Crippen LogP contribution in [-0.4, -0.2) is 9.78 Å². The molecule has 2 aromatic rings. The van der Waals surface area contributed by atoms with Crippen molar-refractivity contribution in [1.29, 1.82) is 0 Å². The highest BCUT2D eigenvalue weighted by atomic mass is 15.3. The van der Waals surface area contributed by atoms with Gasteiger partial charge in [-0.15, -0.1) is 0 Å². The molecule has 0 saturated heterocycles. The van der Waals surface area contributed by atoms with Crippen molar-refractivity contribution in [3.8, 4) is 5.69 Å². The second-order valence-electron chi connectivity index (χ2n) is 3.97. The van der Waals surface area contributed by atoms with Crippen LogP contribution in [0.15, 0.2) is 30.5 Å². The van der Waals surface area contributed by atoms with Gasteiger partial charge in [-0.3, -0.25) is 0 Å². The van der Waals surface area contributed by atoms with E-state index in [1.165, 1.54) is 24.1 Å². The number of aromatic nitrogens is 2. The second-order valence-corrected chi connectivity index (χ2v) is 3.97. The van der Waals surface area contributed by atoms with Crippen molar-refractivity contribution < 1.29 is 0 Å². The third-order valence-corrected chi connectivity index (χ3v) is 2.95. The molecule has 0 spiro atoms. The first-order valence-corrected chi connectivity index (χ1v) is 5.26. The van der Waals surface area contributed by atoms with Crippen LogP contribution in [0.4, 0.5) is 5.69 Å². The number of nitrogen functional groups attached to an aromatic ring is 1. The molecular weight excluding hydrogens is 186 g/mol. The molecule has 0 fully saturated rings. The van der Waals surface area contributed by atoms with Crippen LogP contribution in [0.5, 0.6) is 0 Å². The van der Waals surface area contributed by atoms with Crippen molar-refractivity contribution >= 4 is 5.69 Å². The van der Waals surface area contributed by atoms with Crippen LogP contribution in [0.2, 0.25) is 0 Å². The maximum absolute atomic E-state index is 5.66. The Balaban J connectivity index is 2.09. The molecule has 0 bridgehead atoms. The zero-order valence-corrected chi connectivity index (χ0v) is 8.48. The maximum Gasteiger partial charge on any atom is 0.0650 e. The Kier molecular flexibility index (Phi) is 1.78. The SMILES string of the molecule is Nc1ccc(-n2ncc3c2CCC3)cc1. The number of hydrogen-bond acceptors (Lipinski definition) is 2. The van der Waals surface area contributed by atoms with Crippen LogP contribution < -0.4 is 5.73 Å². The fourth-order valence-electron chi connectivity index (χ4n) is 2.17. The molecule has 0 saturated carbocycles. The summed E-state index contributed by atoms with van der Waals surface area (Å²) in [6, 6.07) is 7.86. The van der Waals surface area contributed by atoms with Crippen LogP contribution in [0, 0.1) is 0 Å². The molecule has 2 N–H and O–H groups in total. The quantitative estimate of drug-likeness (QED) is 0.713. The highest BCUT2D eigenvalue weighted by molar-refractivity contribution is 5.46. The standard InChI is InChI=1S/C12H13N3/c13-10-4-6-11(7-5-10)15-12-3-1-2-9(12)8-14-15/h4-8H,1-3,13H2. The van der Waals surface area contributed by atoms with Gasteiger partial charge in [-0.2, -0.15) is 5.10 Å². The van der Waals surface area contributed by atoms with Crippen LogP contribution in [0.1, 0.15) is 17.7 Å². The minimum absolute atomic E-state index is 0.794. The molecule has 1 heterocycles. The highest BCUT2D eigenvalue weighted by Crippen LogP contribution is 2.24. The predicted molar refractivity (Wildman–Crippen MR) is 60.0 cm³/mol. The number of hydrogen-bond donors (Lipinski definition) is 1. The van der Waals surface area contributed by atoms with E-state index in [0.717, 1.165) is 17.8 Å². The van der Waals surface area contributed by atoms with Crippen LogP contribution >= 0.6 is 0 Å². The van der Waals surface area contributed by atoms with Crippen molar-refractivity contribution in [2.45, 2.75) is 19.3 Å². The average molecular weight is 199 g/mol. The molecule has 1 aliphatic rings. The summed E-state index contributed by atoms with van der Waals surface area (Å²) >= 11 is 0. The van der Waals surface area contributed by atoms with Crippen LogP contribution in [0.25, 0.3) is 5.69 Å². The Labute approximate surface area is 88.5 Å². The Morgan fingerprint density at radius 3 is 2.73 bits per heavy atom. The fraction of sp³-hybridized carbons (Fsp3) is 0.250. The molecule has 3 rings (SSSR count). The topological polar surface area (TPSA) is 43.8 Å². The van der Waals surface area contributed by atoms with E-state index in [0.29, 0.717) is 0 Å². The van der Waals surface area contributed by atoms with Gasteiger partial charge in [0.25, 0.3) is 0 Å². The van der Waals surface area contributed by atoms with E-state index in [9.17, 15) is 0 Å². The van der Waals surface area contributed by atoms with E-state index in [2.05, 4.69) is 5.10 Å². The molecule has 0 radical (unpaired) electrons. The summed E-state index contributed by atoms with van der Waals surface area (Å²) in [6.07, 6.45) is 5.55. The van der Waals surface area contributed by atoms with E-state index in [-0.39, 0.29) is 0 Å². The van der Waals surface area contributed by atoms with E-state index in [1.807, 2.05) is 35.1 Å². The molecule has 3 nitrogen and oxygen atoms in total. The first-order valence-electron chi connectivity index (χ1n) is 5.26. The molecule has 0 aliphatic heterocycles. The minimum Gasteiger partial charge on any atom is -0.399 e. The van der Waals surface area contributed by atoms with Crippen molar-refractivity contribution in [3.63, 3.8) is 0 Å². The van der Waals surface area contributed by atoms with Gasteiger partial charge in [0, 0.05) is 11.4 Å². The number of rotatable bonds is 1. The van der Waals surface area contributed by atoms with Gasteiger partial charge >= 0.3 is 0 Å². The average Bonchev–Trinajstić information content (AvgIpc) is 2.80. The first kappa shape index (κ1) is 8.53. The molecule has 0 amide bonds. The summed E-state index contributed by atoms with van der Waals surface area (Å²) in [4.78, 5) is 0. The molecule has 0 unspecified atom stereocenters. The number of anilines is 1. The van der Waals surface area contributed by atoms with Gasteiger partial charge in [0.2, 0.25) is 0 Å². The third kappa shape index (κ3) is 1.31. The fourth-order valence-corrected chi connectivity index (χ4v) is 2.17. The number of nitrogens with zero attached hydrogens (tertiary/aromatic N) is 2. The highest BCUT2D eigenvalue weighted by Gasteiger charge is 2.16. The molecule has 15 heavy (non-hydrogen) atoms. The molecule has 1 aromatic heterocycles. The lowest BCUT2D eigenvalue weighted by molar-refractivity contribution is 0.784. The Morgan fingerprint density at radius 1 is 1.13 bits per heavy atom. The van der Waals surface area contributed by atoms with Gasteiger partial charge < -0.3 is 5.73 Å². The van der Waals surface area contributed by atoms with Gasteiger partial charge in [0.1, 0.15) is 0 Å². The zero-order valence-electron chi connectivity index (χ0n) is 8.48. The molecule has 3 heteroatoms. The van der Waals surface area contributed by atoms with Crippen molar-refractivity contribution in [3.05, 3.63) is 41.7 Å². The van der Waals surface area contributed by atoms with E-state index < -0.39 is 0 Å². The molecule has 1 aromatic carbocycles. The van der Waals surface area contributed by atoms with Gasteiger partial charge in [-0.25, -0.2) is 4.68 Å². The lowest BCUT2D eigenvalue weighted by atomic mass is 10.2. The number of nitrogens with two attached hydrogens (primary N) is 1. The number of fused-ring (bicyclic) bond motifs is 1. The molecular formula is C12H13N3. The Morgan fingerprint density at radius 2 is 1.93 bits per heavy atom. The summed E-state index contributed by atoms with van der Waals surface area (Å²) in [5.41, 5.74) is 10.3. The normalized spacial score (nSPS) is 14.1. The van der Waals surface area contributed by atoms with E-state index in [1.54, 1.807) is 0 Å². The minimum atomic E-state index is 0.794. The maximum atomic E-state index is 5.66. The van der Waals surface area contributed by atoms with Gasteiger partial charge in [0.15, 0.2) is 0 Å². The predicted octanol–water partition coefficient (Wildman–Crippen LogP) is 1.94. The third-order valence-electron chi connectivity index (χ3n) is 2.95. The second kappa shape index (κ2) is 3.12. The lowest BCUT2D eigenvalue weighted by Gasteiger charge is -2.05. The molecule has 1 aliphatic carbocycles. The molecule has 0 atom stereocenters. The smallest absolute Gasteiger partial charge is 0.0650 e. The van der Waals surface area contributed by atoms with Crippen LogP contribution in [0.3, 0.4) is 0 Å². The van der Waals surface area contributed by atoms with Gasteiger partial charge in [-0.05, 0) is 49.1 Å². The summed E-state index contributed by atoms with van der Waals surface area (Å²) in [7, 11) is 0. The van der Waals surface area contributed by atoms with Crippen molar-refractivity contribution in [2.75, 3.05) is 5.73 Å².